The summed E-state index contributed by atoms with van der Waals surface area (Å²) < 4.78 is 7.19. The molecule has 0 bridgehead atoms. The van der Waals surface area contributed by atoms with E-state index in [0.29, 0.717) is 5.56 Å². The van der Waals surface area contributed by atoms with E-state index in [1.807, 2.05) is 71.4 Å². The topological polar surface area (TPSA) is 58.9 Å². The van der Waals surface area contributed by atoms with E-state index in [1.54, 1.807) is 13.3 Å². The second-order valence-electron chi connectivity index (χ2n) is 6.94. The summed E-state index contributed by atoms with van der Waals surface area (Å²) in [5, 5.41) is 4.13. The molecule has 148 valence electrons. The van der Waals surface area contributed by atoms with Crippen molar-refractivity contribution in [1.29, 1.82) is 0 Å². The molecule has 1 aliphatic rings. The highest BCUT2D eigenvalue weighted by Gasteiger charge is 2.13. The van der Waals surface area contributed by atoms with Gasteiger partial charge in [-0.15, -0.1) is 0 Å². The summed E-state index contributed by atoms with van der Waals surface area (Å²) in [4.78, 5) is 14.7. The largest absolute Gasteiger partial charge is 0.497 e. The molecular weight excluding hydrogens is 364 g/mol. The summed E-state index contributed by atoms with van der Waals surface area (Å²) in [7, 11) is 1.64. The predicted molar refractivity (Wildman–Crippen MR) is 115 cm³/mol. The van der Waals surface area contributed by atoms with Crippen LogP contribution in [0, 0.1) is 0 Å². The van der Waals surface area contributed by atoms with Gasteiger partial charge >= 0.3 is 0 Å². The van der Waals surface area contributed by atoms with Crippen molar-refractivity contribution in [3.05, 3.63) is 78.1 Å². The van der Waals surface area contributed by atoms with Crippen LogP contribution in [0.4, 0.5) is 5.69 Å². The lowest BCUT2D eigenvalue weighted by atomic mass is 10.2. The lowest BCUT2D eigenvalue weighted by Crippen LogP contribution is -2.19. The molecule has 2 aromatic carbocycles. The van der Waals surface area contributed by atoms with Crippen LogP contribution in [0.25, 0.3) is 5.69 Å². The molecule has 6 heteroatoms. The number of rotatable bonds is 6. The van der Waals surface area contributed by atoms with Crippen LogP contribution in [0.3, 0.4) is 0 Å². The molecule has 1 aliphatic heterocycles. The maximum Gasteiger partial charge on any atom is 0.271 e. The Kier molecular flexibility index (Phi) is 5.61. The van der Waals surface area contributed by atoms with Crippen LogP contribution in [0.2, 0.25) is 0 Å². The summed E-state index contributed by atoms with van der Waals surface area (Å²) in [5.41, 5.74) is 6.21. The number of anilines is 1. The number of hydrogen-bond donors (Lipinski definition) is 1. The van der Waals surface area contributed by atoms with E-state index in [0.717, 1.165) is 30.2 Å². The average Bonchev–Trinajstić information content (AvgIpc) is 3.46. The van der Waals surface area contributed by atoms with Crippen LogP contribution in [-0.4, -0.2) is 36.9 Å². The Bertz CT molecular complexity index is 984. The molecule has 0 aliphatic carbocycles. The number of nitrogens with one attached hydrogen (secondary N) is 1. The number of ether oxygens (including phenoxy) is 1. The molecule has 1 amide bonds. The molecule has 1 saturated heterocycles. The van der Waals surface area contributed by atoms with Gasteiger partial charge in [0.25, 0.3) is 5.91 Å². The molecule has 4 rings (SSSR count). The molecule has 6 nitrogen and oxygen atoms in total. The van der Waals surface area contributed by atoms with Crippen LogP contribution in [0.5, 0.6) is 5.75 Å². The Labute approximate surface area is 170 Å². The highest BCUT2D eigenvalue weighted by atomic mass is 16.5. The van der Waals surface area contributed by atoms with Crippen LogP contribution < -0.4 is 15.1 Å². The van der Waals surface area contributed by atoms with Gasteiger partial charge in [0, 0.05) is 36.2 Å². The smallest absolute Gasteiger partial charge is 0.271 e. The molecule has 0 radical (unpaired) electrons. The molecule has 1 aromatic heterocycles. The van der Waals surface area contributed by atoms with Crippen molar-refractivity contribution >= 4 is 17.8 Å². The minimum absolute atomic E-state index is 0.225. The first-order valence-corrected chi connectivity index (χ1v) is 9.75. The summed E-state index contributed by atoms with van der Waals surface area (Å²) in [6.07, 6.45) is 6.05. The Hall–Kier alpha value is -3.54. The van der Waals surface area contributed by atoms with Gasteiger partial charge in [0.05, 0.1) is 19.0 Å². The first-order valence-electron chi connectivity index (χ1n) is 9.75. The zero-order valence-electron chi connectivity index (χ0n) is 16.4. The number of hydrazone groups is 1. The zero-order valence-corrected chi connectivity index (χ0v) is 16.4. The van der Waals surface area contributed by atoms with Gasteiger partial charge in [-0.3, -0.25) is 4.79 Å². The third-order valence-corrected chi connectivity index (χ3v) is 5.09. The van der Waals surface area contributed by atoms with E-state index in [9.17, 15) is 4.79 Å². The Morgan fingerprint density at radius 3 is 2.38 bits per heavy atom. The van der Waals surface area contributed by atoms with E-state index in [-0.39, 0.29) is 5.91 Å². The van der Waals surface area contributed by atoms with Crippen molar-refractivity contribution < 1.29 is 9.53 Å². The van der Waals surface area contributed by atoms with Crippen molar-refractivity contribution in [2.45, 2.75) is 12.8 Å². The van der Waals surface area contributed by atoms with Crippen LogP contribution in [0.1, 0.15) is 28.9 Å². The van der Waals surface area contributed by atoms with Gasteiger partial charge in [-0.05, 0) is 73.5 Å². The molecule has 1 N–H and O–H groups in total. The Balaban J connectivity index is 1.40. The average molecular weight is 388 g/mol. The fourth-order valence-corrected chi connectivity index (χ4v) is 3.50. The maximum absolute atomic E-state index is 12.4. The standard InChI is InChI=1S/C23H24N4O2/c1-29-22-12-10-20(11-13-22)27-16-4-5-21(27)17-24-25-23(28)18-6-8-19(9-7-18)26-14-2-3-15-26/h4-13,16-17H,2-3,14-15H2,1H3,(H,25,28)/b24-17-. The number of hydrogen-bond acceptors (Lipinski definition) is 4. The summed E-state index contributed by atoms with van der Waals surface area (Å²) in [5.74, 6) is 0.580. The van der Waals surface area contributed by atoms with Crippen LogP contribution >= 0.6 is 0 Å². The quantitative estimate of drug-likeness (QED) is 0.515. The van der Waals surface area contributed by atoms with Crippen molar-refractivity contribution in [2.24, 2.45) is 5.10 Å². The molecule has 3 aromatic rings. The van der Waals surface area contributed by atoms with Gasteiger partial charge in [-0.1, -0.05) is 0 Å². The lowest BCUT2D eigenvalue weighted by molar-refractivity contribution is 0.0955. The number of carbonyl (C=O) groups excluding carboxylic acids is 1. The van der Waals surface area contributed by atoms with Crippen LogP contribution in [-0.2, 0) is 0 Å². The highest BCUT2D eigenvalue weighted by Crippen LogP contribution is 2.20. The van der Waals surface area contributed by atoms with E-state index in [4.69, 9.17) is 4.74 Å². The molecular formula is C23H24N4O2. The second kappa shape index (κ2) is 8.65. The molecule has 2 heterocycles. The van der Waals surface area contributed by atoms with Gasteiger partial charge in [0.1, 0.15) is 5.75 Å². The zero-order chi connectivity index (χ0) is 20.1. The monoisotopic (exact) mass is 388 g/mol. The highest BCUT2D eigenvalue weighted by molar-refractivity contribution is 5.95. The summed E-state index contributed by atoms with van der Waals surface area (Å²) >= 11 is 0. The van der Waals surface area contributed by atoms with Crippen molar-refractivity contribution in [1.82, 2.24) is 9.99 Å². The third kappa shape index (κ3) is 4.32. The van der Waals surface area contributed by atoms with Crippen molar-refractivity contribution in [2.75, 3.05) is 25.1 Å². The fraction of sp³-hybridized carbons (Fsp3) is 0.217. The number of aromatic nitrogens is 1. The molecule has 0 atom stereocenters. The van der Waals surface area contributed by atoms with E-state index in [2.05, 4.69) is 15.4 Å². The molecule has 29 heavy (non-hydrogen) atoms. The minimum Gasteiger partial charge on any atom is -0.497 e. The fourth-order valence-electron chi connectivity index (χ4n) is 3.50. The van der Waals surface area contributed by atoms with E-state index < -0.39 is 0 Å². The summed E-state index contributed by atoms with van der Waals surface area (Å²) in [6, 6.07) is 19.3. The van der Waals surface area contributed by atoms with E-state index >= 15 is 0 Å². The number of nitrogens with zero attached hydrogens (tertiary/aromatic N) is 3. The number of methoxy groups -OCH3 is 1. The van der Waals surface area contributed by atoms with Crippen molar-refractivity contribution in [3.63, 3.8) is 0 Å². The molecule has 0 spiro atoms. The predicted octanol–water partition coefficient (Wildman–Crippen LogP) is 3.85. The lowest BCUT2D eigenvalue weighted by Gasteiger charge is -2.17. The Morgan fingerprint density at radius 2 is 1.69 bits per heavy atom. The van der Waals surface area contributed by atoms with E-state index in [1.165, 1.54) is 18.5 Å². The van der Waals surface area contributed by atoms with Crippen LogP contribution in [0.15, 0.2) is 72.0 Å². The molecule has 1 fully saturated rings. The second-order valence-corrected chi connectivity index (χ2v) is 6.94. The Morgan fingerprint density at radius 1 is 1.00 bits per heavy atom. The number of benzene rings is 2. The summed E-state index contributed by atoms with van der Waals surface area (Å²) in [6.45, 7) is 2.17. The third-order valence-electron chi connectivity index (χ3n) is 5.09. The van der Waals surface area contributed by atoms with Gasteiger partial charge in [-0.2, -0.15) is 5.10 Å². The SMILES string of the molecule is COc1ccc(-n2cccc2/C=N\NC(=O)c2ccc(N3CCCC3)cc2)cc1. The first-order chi connectivity index (χ1) is 14.2. The normalized spacial score (nSPS) is 13.8. The minimum atomic E-state index is -0.225. The van der Waals surface area contributed by atoms with Gasteiger partial charge in [0.2, 0.25) is 0 Å². The van der Waals surface area contributed by atoms with Gasteiger partial charge < -0.3 is 14.2 Å². The maximum atomic E-state index is 12.4. The van der Waals surface area contributed by atoms with Gasteiger partial charge in [0.15, 0.2) is 0 Å². The molecule has 0 unspecified atom stereocenters. The number of carbonyl (C=O) groups is 1. The van der Waals surface area contributed by atoms with Crippen molar-refractivity contribution in [3.8, 4) is 11.4 Å². The first kappa shape index (κ1) is 18.8. The van der Waals surface area contributed by atoms with Gasteiger partial charge in [-0.25, -0.2) is 5.43 Å². The number of amides is 1. The molecule has 0 saturated carbocycles.